The highest BCUT2D eigenvalue weighted by Crippen LogP contribution is 2.47. The van der Waals surface area contributed by atoms with Crippen molar-refractivity contribution in [2.45, 2.75) is 35.3 Å². The summed E-state index contributed by atoms with van der Waals surface area (Å²) in [6.07, 6.45) is -1.65. The summed E-state index contributed by atoms with van der Waals surface area (Å²) < 4.78 is 28.4. The number of phosphoric acid groups is 1. The third-order valence-electron chi connectivity index (χ3n) is 9.79. The van der Waals surface area contributed by atoms with Crippen LogP contribution in [0.5, 0.6) is 11.5 Å². The molecule has 1 heterocycles. The van der Waals surface area contributed by atoms with Crippen LogP contribution in [-0.2, 0) is 36.5 Å². The summed E-state index contributed by atoms with van der Waals surface area (Å²) in [5.41, 5.74) is 2.82. The monoisotopic (exact) mass is 860 g/mol. The van der Waals surface area contributed by atoms with Crippen LogP contribution >= 0.6 is 19.6 Å². The summed E-state index contributed by atoms with van der Waals surface area (Å²) in [4.78, 5) is 67.4. The lowest BCUT2D eigenvalue weighted by molar-refractivity contribution is -0.129. The first-order valence-electron chi connectivity index (χ1n) is 19.0. The number of thioether (sulfide) groups is 1. The number of carboxylic acid groups (broad SMARTS) is 1. The van der Waals surface area contributed by atoms with Crippen LogP contribution < -0.4 is 30.1 Å². The summed E-state index contributed by atoms with van der Waals surface area (Å²) in [7, 11) is -2.98. The Morgan fingerprint density at radius 1 is 0.803 bits per heavy atom. The molecule has 0 bridgehead atoms. The molecule has 0 spiro atoms. The number of rotatable bonds is 15. The fraction of sp³-hybridized carbons (Fsp3) is 0.156. The number of amides is 4. The molecular formula is C45H41N4O10PS. The van der Waals surface area contributed by atoms with Gasteiger partial charge in [-0.25, -0.2) is 9.36 Å². The molecule has 16 heteroatoms. The van der Waals surface area contributed by atoms with E-state index in [9.17, 15) is 33.7 Å². The first kappa shape index (κ1) is 42.5. The van der Waals surface area contributed by atoms with Crippen molar-refractivity contribution in [1.29, 1.82) is 0 Å². The number of anilines is 2. The molecule has 5 N–H and O–H groups in total. The predicted octanol–water partition coefficient (Wildman–Crippen LogP) is 7.73. The van der Waals surface area contributed by atoms with Crippen LogP contribution in [0, 0.1) is 0 Å². The molecule has 6 aromatic rings. The fourth-order valence-electron chi connectivity index (χ4n) is 6.85. The van der Waals surface area contributed by atoms with Crippen LogP contribution in [0.15, 0.2) is 150 Å². The molecule has 1 aliphatic rings. The molecule has 0 aliphatic carbocycles. The Balaban J connectivity index is 1.14. The Morgan fingerprint density at radius 3 is 2.21 bits per heavy atom. The molecule has 0 saturated heterocycles. The van der Waals surface area contributed by atoms with E-state index in [1.54, 1.807) is 72.8 Å². The van der Waals surface area contributed by atoms with Gasteiger partial charge in [-0.15, -0.1) is 11.8 Å². The quantitative estimate of drug-likeness (QED) is 0.0635. The largest absolute Gasteiger partial charge is 0.527 e. The summed E-state index contributed by atoms with van der Waals surface area (Å²) in [6.45, 7) is -0.557. The van der Waals surface area contributed by atoms with E-state index in [1.807, 2.05) is 48.5 Å². The van der Waals surface area contributed by atoms with Crippen molar-refractivity contribution >= 4 is 65.5 Å². The van der Waals surface area contributed by atoms with Gasteiger partial charge in [0.15, 0.2) is 0 Å². The number of carbonyl (C=O) groups is 4. The van der Waals surface area contributed by atoms with E-state index < -0.39 is 55.5 Å². The zero-order valence-corrected chi connectivity index (χ0v) is 34.4. The first-order chi connectivity index (χ1) is 29.5. The van der Waals surface area contributed by atoms with Gasteiger partial charge in [0.2, 0.25) is 11.8 Å². The molecule has 1 aliphatic heterocycles. The fourth-order valence-corrected chi connectivity index (χ4v) is 8.94. The molecule has 14 nitrogen and oxygen atoms in total. The number of nitrogens with zero attached hydrogens (tertiary/aromatic N) is 1. The zero-order valence-electron chi connectivity index (χ0n) is 32.7. The number of hydrogen-bond acceptors (Lipinski definition) is 9. The van der Waals surface area contributed by atoms with Gasteiger partial charge in [-0.2, -0.15) is 0 Å². The zero-order chi connectivity index (χ0) is 42.9. The number of ether oxygens (including phenoxy) is 1. The van der Waals surface area contributed by atoms with Gasteiger partial charge in [-0.1, -0.05) is 103 Å². The highest BCUT2D eigenvalue weighted by atomic mass is 32.2. The Morgan fingerprint density at radius 2 is 1.48 bits per heavy atom. The summed E-state index contributed by atoms with van der Waals surface area (Å²) in [6, 6.07) is 39.2. The smallest absolute Gasteiger partial charge is 0.497 e. The summed E-state index contributed by atoms with van der Waals surface area (Å²) in [5, 5.41) is 18.9. The maximum absolute atomic E-state index is 14.9. The number of methoxy groups -OCH3 is 1. The van der Waals surface area contributed by atoms with E-state index in [-0.39, 0.29) is 18.8 Å². The molecule has 0 saturated carbocycles. The third kappa shape index (κ3) is 10.8. The van der Waals surface area contributed by atoms with E-state index >= 15 is 0 Å². The van der Waals surface area contributed by atoms with Crippen molar-refractivity contribution in [1.82, 2.24) is 10.6 Å². The molecule has 0 fully saturated rings. The van der Waals surface area contributed by atoms with Gasteiger partial charge in [0.05, 0.1) is 24.7 Å². The number of fused-ring (bicyclic) bond motifs is 2. The molecule has 0 radical (unpaired) electrons. The number of phosphoric ester groups is 1. The van der Waals surface area contributed by atoms with Gasteiger partial charge in [0.25, 0.3) is 5.91 Å². The van der Waals surface area contributed by atoms with Gasteiger partial charge >= 0.3 is 13.9 Å². The van der Waals surface area contributed by atoms with Crippen LogP contribution in [0.1, 0.15) is 21.9 Å². The van der Waals surface area contributed by atoms with E-state index in [2.05, 4.69) is 16.0 Å². The minimum atomic E-state index is -4.51. The summed E-state index contributed by atoms with van der Waals surface area (Å²) in [5.74, 6) is -1.30. The second-order valence-electron chi connectivity index (χ2n) is 13.9. The lowest BCUT2D eigenvalue weighted by Crippen LogP contribution is -2.56. The van der Waals surface area contributed by atoms with Crippen LogP contribution in [0.2, 0.25) is 0 Å². The highest BCUT2D eigenvalue weighted by molar-refractivity contribution is 7.99. The second kappa shape index (κ2) is 19.2. The number of benzene rings is 6. The van der Waals surface area contributed by atoms with E-state index in [0.29, 0.717) is 38.7 Å². The molecule has 2 unspecified atom stereocenters. The van der Waals surface area contributed by atoms with E-state index in [4.69, 9.17) is 13.8 Å². The van der Waals surface area contributed by atoms with E-state index in [1.165, 1.54) is 48.0 Å². The standard InChI is InChI=1S/C45H41N4O10PS/c1-57-33-24-20-32(21-25-33)42-41(44(52)49(38-16-7-8-17-39(38)61-42)27-40(50)46-36-15-9-13-31-12-5-6-14-35(31)36)48-43(51)37(47-45(53)54)26-29-18-22-34(23-19-29)59-60(55,56)58-28-30-10-3-2-4-11-30/h2-25,37,41-42,47H,26-28H2,1H3,(H,46,50)(H,48,51)(H,53,54)(H,55,56)/t37?,41-,42+/m1/s1. The highest BCUT2D eigenvalue weighted by Gasteiger charge is 2.41. The maximum Gasteiger partial charge on any atom is 0.527 e. The average Bonchev–Trinajstić information content (AvgIpc) is 3.37. The molecule has 4 atom stereocenters. The van der Waals surface area contributed by atoms with Crippen molar-refractivity contribution in [3.8, 4) is 11.5 Å². The Kier molecular flexibility index (Phi) is 13.3. The molecule has 312 valence electrons. The van der Waals surface area contributed by atoms with Crippen LogP contribution in [0.4, 0.5) is 16.2 Å². The molecular weight excluding hydrogens is 820 g/mol. The minimum absolute atomic E-state index is 0.00222. The van der Waals surface area contributed by atoms with Gasteiger partial charge in [0.1, 0.15) is 30.1 Å². The normalized spacial score (nSPS) is 16.3. The maximum atomic E-state index is 14.9. The van der Waals surface area contributed by atoms with Crippen molar-refractivity contribution in [3.63, 3.8) is 0 Å². The number of nitrogens with one attached hydrogen (secondary N) is 3. The third-order valence-corrected chi connectivity index (χ3v) is 12.1. The molecule has 61 heavy (non-hydrogen) atoms. The van der Waals surface area contributed by atoms with E-state index in [0.717, 1.165) is 10.8 Å². The Hall–Kier alpha value is -6.64. The Labute approximate surface area is 355 Å². The molecule has 4 amide bonds. The van der Waals surface area contributed by atoms with Gasteiger partial charge in [-0.3, -0.25) is 23.8 Å². The number of hydrogen-bond donors (Lipinski definition) is 5. The number of carbonyl (C=O) groups excluding carboxylic acids is 3. The average molecular weight is 861 g/mol. The second-order valence-corrected chi connectivity index (χ2v) is 16.5. The van der Waals surface area contributed by atoms with Gasteiger partial charge in [0, 0.05) is 22.4 Å². The van der Waals surface area contributed by atoms with Crippen LogP contribution in [-0.4, -0.2) is 59.6 Å². The van der Waals surface area contributed by atoms with Crippen molar-refractivity contribution in [2.75, 3.05) is 23.9 Å². The van der Waals surface area contributed by atoms with Gasteiger partial charge < -0.3 is 35.2 Å². The Bertz CT molecular complexity index is 2570. The van der Waals surface area contributed by atoms with Crippen LogP contribution in [0.25, 0.3) is 10.8 Å². The molecule has 6 aromatic carbocycles. The van der Waals surface area contributed by atoms with Crippen LogP contribution in [0.3, 0.4) is 0 Å². The van der Waals surface area contributed by atoms with Crippen molar-refractivity contribution in [3.05, 3.63) is 162 Å². The minimum Gasteiger partial charge on any atom is -0.497 e. The molecule has 0 aromatic heterocycles. The van der Waals surface area contributed by atoms with Crippen molar-refractivity contribution in [2.24, 2.45) is 0 Å². The first-order valence-corrected chi connectivity index (χ1v) is 21.4. The lowest BCUT2D eigenvalue weighted by atomic mass is 10.0. The summed E-state index contributed by atoms with van der Waals surface area (Å²) >= 11 is 1.32. The SMILES string of the molecule is COc1ccc([C@@H]2Sc3ccccc3N(CC(=O)Nc3cccc4ccccc34)C(=O)[C@@H]2NC(=O)C(Cc2ccc(OP(=O)(O)OCc3ccccc3)cc2)NC(=O)O)cc1. The van der Waals surface area contributed by atoms with Gasteiger partial charge in [-0.05, 0) is 64.5 Å². The molecule has 7 rings (SSSR count). The number of para-hydroxylation sites is 1. The topological polar surface area (TPSA) is 193 Å². The lowest BCUT2D eigenvalue weighted by Gasteiger charge is -2.30. The predicted molar refractivity (Wildman–Crippen MR) is 232 cm³/mol. The van der Waals surface area contributed by atoms with Crippen molar-refractivity contribution < 1.29 is 47.5 Å².